The van der Waals surface area contributed by atoms with Gasteiger partial charge in [0.05, 0.1) is 9.82 Å². The number of benzene rings is 2. The van der Waals surface area contributed by atoms with Crippen molar-refractivity contribution >= 4 is 23.2 Å². The molecule has 0 fully saturated rings. The molecule has 0 saturated carbocycles. The molecule has 0 N–H and O–H groups in total. The molecule has 0 aliphatic heterocycles. The topological polar surface area (TPSA) is 90.9 Å². The molecule has 8 heteroatoms. The van der Waals surface area contributed by atoms with Gasteiger partial charge in [-0.05, 0) is 23.9 Å². The zero-order valence-corrected chi connectivity index (χ0v) is 13.4. The standard InChI is InChI=1S/C16H12N4O3S/c1-19-10-17-18-16(19)24-14-8-7-12(9-13(14)20(22)23)15(21)11-5-3-2-4-6-11/h2-10H,1H3. The molecule has 0 aliphatic rings. The molecular weight excluding hydrogens is 328 g/mol. The first-order valence-electron chi connectivity index (χ1n) is 6.96. The Balaban J connectivity index is 1.97. The second-order valence-electron chi connectivity index (χ2n) is 4.96. The number of nitro benzene ring substituents is 1. The minimum atomic E-state index is -0.500. The summed E-state index contributed by atoms with van der Waals surface area (Å²) in [5.41, 5.74) is 0.625. The van der Waals surface area contributed by atoms with E-state index in [4.69, 9.17) is 0 Å². The first-order valence-corrected chi connectivity index (χ1v) is 7.78. The van der Waals surface area contributed by atoms with Gasteiger partial charge in [0.25, 0.3) is 5.69 Å². The molecule has 0 aliphatic carbocycles. The van der Waals surface area contributed by atoms with Crippen LogP contribution in [0.2, 0.25) is 0 Å². The minimum absolute atomic E-state index is 0.134. The average Bonchev–Trinajstić information content (AvgIpc) is 3.00. The third-order valence-corrected chi connectivity index (χ3v) is 4.44. The van der Waals surface area contributed by atoms with E-state index in [0.717, 1.165) is 11.8 Å². The Kier molecular flexibility index (Phi) is 4.39. The fraction of sp³-hybridized carbons (Fsp3) is 0.0625. The maximum absolute atomic E-state index is 12.4. The van der Waals surface area contributed by atoms with Gasteiger partial charge in [0.1, 0.15) is 6.33 Å². The van der Waals surface area contributed by atoms with E-state index in [0.29, 0.717) is 15.6 Å². The van der Waals surface area contributed by atoms with Crippen LogP contribution in [0.1, 0.15) is 15.9 Å². The number of aromatic nitrogens is 3. The number of rotatable bonds is 5. The molecule has 0 spiro atoms. The summed E-state index contributed by atoms with van der Waals surface area (Å²) in [6.07, 6.45) is 1.52. The number of carbonyl (C=O) groups is 1. The van der Waals surface area contributed by atoms with Gasteiger partial charge >= 0.3 is 0 Å². The van der Waals surface area contributed by atoms with E-state index in [1.54, 1.807) is 54.1 Å². The molecule has 0 atom stereocenters. The normalized spacial score (nSPS) is 10.5. The quantitative estimate of drug-likeness (QED) is 0.403. The predicted molar refractivity (Wildman–Crippen MR) is 88.1 cm³/mol. The molecule has 120 valence electrons. The lowest BCUT2D eigenvalue weighted by Gasteiger charge is -2.05. The molecule has 1 heterocycles. The number of nitrogens with zero attached hydrogens (tertiary/aromatic N) is 4. The van der Waals surface area contributed by atoms with Crippen molar-refractivity contribution in [1.29, 1.82) is 0 Å². The molecule has 3 rings (SSSR count). The van der Waals surface area contributed by atoms with E-state index in [1.807, 2.05) is 0 Å². The largest absolute Gasteiger partial charge is 0.311 e. The highest BCUT2D eigenvalue weighted by Crippen LogP contribution is 2.34. The summed E-state index contributed by atoms with van der Waals surface area (Å²) in [6, 6.07) is 13.1. The summed E-state index contributed by atoms with van der Waals surface area (Å²) in [7, 11) is 1.75. The summed E-state index contributed by atoms with van der Waals surface area (Å²) < 4.78 is 1.66. The number of hydrogen-bond acceptors (Lipinski definition) is 6. The van der Waals surface area contributed by atoms with Crippen molar-refractivity contribution in [1.82, 2.24) is 14.8 Å². The first-order chi connectivity index (χ1) is 11.6. The lowest BCUT2D eigenvalue weighted by molar-refractivity contribution is -0.387. The monoisotopic (exact) mass is 340 g/mol. The Morgan fingerprint density at radius 3 is 2.54 bits per heavy atom. The molecule has 0 saturated heterocycles. The van der Waals surface area contributed by atoms with Gasteiger partial charge < -0.3 is 4.57 Å². The smallest absolute Gasteiger partial charge is 0.284 e. The van der Waals surface area contributed by atoms with Crippen LogP contribution in [0.3, 0.4) is 0 Å². The number of hydrogen-bond donors (Lipinski definition) is 0. The van der Waals surface area contributed by atoms with Gasteiger partial charge in [0.2, 0.25) is 0 Å². The number of carbonyl (C=O) groups excluding carboxylic acids is 1. The first kappa shape index (κ1) is 15.9. The van der Waals surface area contributed by atoms with Crippen LogP contribution in [0.15, 0.2) is 64.9 Å². The van der Waals surface area contributed by atoms with Gasteiger partial charge in [-0.1, -0.05) is 30.3 Å². The summed E-state index contributed by atoms with van der Waals surface area (Å²) in [4.78, 5) is 23.7. The van der Waals surface area contributed by atoms with Gasteiger partial charge in [0, 0.05) is 24.2 Å². The third kappa shape index (κ3) is 3.18. The van der Waals surface area contributed by atoms with E-state index < -0.39 is 4.92 Å². The molecule has 7 nitrogen and oxygen atoms in total. The Morgan fingerprint density at radius 2 is 1.92 bits per heavy atom. The van der Waals surface area contributed by atoms with E-state index in [9.17, 15) is 14.9 Å². The fourth-order valence-corrected chi connectivity index (χ4v) is 2.96. The zero-order valence-electron chi connectivity index (χ0n) is 12.6. The fourth-order valence-electron chi connectivity index (χ4n) is 2.11. The zero-order chi connectivity index (χ0) is 17.1. The molecule has 24 heavy (non-hydrogen) atoms. The lowest BCUT2D eigenvalue weighted by Crippen LogP contribution is -2.03. The minimum Gasteiger partial charge on any atom is -0.311 e. The van der Waals surface area contributed by atoms with E-state index in [1.165, 1.54) is 12.4 Å². The summed E-state index contributed by atoms with van der Waals surface area (Å²) >= 11 is 1.13. The maximum atomic E-state index is 12.4. The van der Waals surface area contributed by atoms with Crippen LogP contribution in [-0.4, -0.2) is 25.5 Å². The third-order valence-electron chi connectivity index (χ3n) is 3.32. The van der Waals surface area contributed by atoms with Gasteiger partial charge in [-0.2, -0.15) is 0 Å². The molecule has 1 aromatic heterocycles. The average molecular weight is 340 g/mol. The van der Waals surface area contributed by atoms with Crippen LogP contribution in [0.5, 0.6) is 0 Å². The number of aryl methyl sites for hydroxylation is 1. The molecule has 2 aromatic carbocycles. The second-order valence-corrected chi connectivity index (χ2v) is 5.97. The van der Waals surface area contributed by atoms with Crippen molar-refractivity contribution in [2.45, 2.75) is 10.1 Å². The van der Waals surface area contributed by atoms with Crippen molar-refractivity contribution in [2.24, 2.45) is 7.05 Å². The van der Waals surface area contributed by atoms with Crippen molar-refractivity contribution in [3.05, 3.63) is 76.1 Å². The molecule has 0 bridgehead atoms. The summed E-state index contributed by atoms with van der Waals surface area (Å²) in [6.45, 7) is 0. The highest BCUT2D eigenvalue weighted by atomic mass is 32.2. The highest BCUT2D eigenvalue weighted by Gasteiger charge is 2.20. The van der Waals surface area contributed by atoms with Crippen LogP contribution >= 0.6 is 11.8 Å². The van der Waals surface area contributed by atoms with Crippen LogP contribution in [-0.2, 0) is 7.05 Å². The molecular formula is C16H12N4O3S. The van der Waals surface area contributed by atoms with Crippen molar-refractivity contribution in [2.75, 3.05) is 0 Å². The SMILES string of the molecule is Cn1cnnc1Sc1ccc(C(=O)c2ccccc2)cc1[N+](=O)[O-]. The Hall–Kier alpha value is -3.00. The Labute approximate surface area is 141 Å². The van der Waals surface area contributed by atoms with Gasteiger partial charge in [-0.25, -0.2) is 0 Å². The van der Waals surface area contributed by atoms with Crippen LogP contribution in [0.4, 0.5) is 5.69 Å². The molecule has 0 radical (unpaired) electrons. The molecule has 3 aromatic rings. The lowest BCUT2D eigenvalue weighted by atomic mass is 10.0. The van der Waals surface area contributed by atoms with Crippen LogP contribution in [0, 0.1) is 10.1 Å². The second kappa shape index (κ2) is 6.63. The van der Waals surface area contributed by atoms with Crippen molar-refractivity contribution < 1.29 is 9.72 Å². The van der Waals surface area contributed by atoms with E-state index in [2.05, 4.69) is 10.2 Å². The molecule has 0 amide bonds. The number of nitro groups is 1. The van der Waals surface area contributed by atoms with E-state index in [-0.39, 0.29) is 17.0 Å². The van der Waals surface area contributed by atoms with Crippen molar-refractivity contribution in [3.63, 3.8) is 0 Å². The van der Waals surface area contributed by atoms with Crippen LogP contribution in [0.25, 0.3) is 0 Å². The summed E-state index contributed by atoms with van der Waals surface area (Å²) in [5, 5.41) is 19.6. The Morgan fingerprint density at radius 1 is 1.17 bits per heavy atom. The van der Waals surface area contributed by atoms with E-state index >= 15 is 0 Å². The Bertz CT molecular complexity index is 909. The van der Waals surface area contributed by atoms with Crippen molar-refractivity contribution in [3.8, 4) is 0 Å². The van der Waals surface area contributed by atoms with Crippen LogP contribution < -0.4 is 0 Å². The summed E-state index contributed by atoms with van der Waals surface area (Å²) in [5.74, 6) is -0.256. The molecule has 0 unspecified atom stereocenters. The number of ketones is 1. The van der Waals surface area contributed by atoms with Gasteiger partial charge in [-0.15, -0.1) is 10.2 Å². The maximum Gasteiger partial charge on any atom is 0.284 e. The predicted octanol–water partition coefficient (Wildman–Crippen LogP) is 3.11. The van der Waals surface area contributed by atoms with Gasteiger partial charge in [-0.3, -0.25) is 14.9 Å². The van der Waals surface area contributed by atoms with Gasteiger partial charge in [0.15, 0.2) is 10.9 Å². The highest BCUT2D eigenvalue weighted by molar-refractivity contribution is 7.99.